The standard InChI is InChI=1S/C23H24N6O/c1-2-12-29-20-6-4-3-5-19(20)25-21(29)15-28-13-9-18-17(14-28)23(30)27-22(26-18)16-7-10-24-11-8-16/h3-8,10-11H,2,9,12-15H2,1H3,(H,26,27,30). The van der Waals surface area contributed by atoms with Crippen LogP contribution in [0.1, 0.15) is 30.4 Å². The lowest BCUT2D eigenvalue weighted by atomic mass is 10.1. The molecule has 30 heavy (non-hydrogen) atoms. The Bertz CT molecular complexity index is 1240. The number of aryl methyl sites for hydroxylation is 1. The Hall–Kier alpha value is -3.32. The third-order valence-electron chi connectivity index (χ3n) is 5.65. The van der Waals surface area contributed by atoms with Gasteiger partial charge in [0.05, 0.1) is 28.8 Å². The first-order valence-electron chi connectivity index (χ1n) is 10.4. The van der Waals surface area contributed by atoms with Crippen molar-refractivity contribution in [3.8, 4) is 11.4 Å². The molecule has 5 rings (SSSR count). The molecule has 0 saturated heterocycles. The van der Waals surface area contributed by atoms with E-state index in [1.54, 1.807) is 12.4 Å². The summed E-state index contributed by atoms with van der Waals surface area (Å²) in [6.45, 7) is 5.29. The van der Waals surface area contributed by atoms with E-state index in [9.17, 15) is 4.79 Å². The molecule has 3 aromatic heterocycles. The van der Waals surface area contributed by atoms with Gasteiger partial charge in [-0.25, -0.2) is 9.97 Å². The number of rotatable bonds is 5. The minimum Gasteiger partial charge on any atom is -0.327 e. The van der Waals surface area contributed by atoms with Gasteiger partial charge in [0.25, 0.3) is 5.56 Å². The second-order valence-electron chi connectivity index (χ2n) is 7.70. The second kappa shape index (κ2) is 7.84. The average Bonchev–Trinajstić information content (AvgIpc) is 3.12. The molecule has 4 aromatic rings. The van der Waals surface area contributed by atoms with Crippen molar-refractivity contribution in [2.45, 2.75) is 39.4 Å². The van der Waals surface area contributed by atoms with Crippen molar-refractivity contribution in [1.29, 1.82) is 0 Å². The molecule has 1 aliphatic rings. The quantitative estimate of drug-likeness (QED) is 0.557. The number of aromatic amines is 1. The van der Waals surface area contributed by atoms with Crippen LogP contribution in [-0.4, -0.2) is 35.9 Å². The topological polar surface area (TPSA) is 79.7 Å². The van der Waals surface area contributed by atoms with E-state index in [4.69, 9.17) is 9.97 Å². The second-order valence-corrected chi connectivity index (χ2v) is 7.70. The first-order chi connectivity index (χ1) is 14.7. The zero-order chi connectivity index (χ0) is 20.5. The number of hydrogen-bond donors (Lipinski definition) is 1. The minimum absolute atomic E-state index is 0.0569. The molecule has 0 aliphatic carbocycles. The average molecular weight is 400 g/mol. The fourth-order valence-electron chi connectivity index (χ4n) is 4.18. The highest BCUT2D eigenvalue weighted by Crippen LogP contribution is 2.22. The molecule has 0 spiro atoms. The van der Waals surface area contributed by atoms with Crippen molar-refractivity contribution in [3.05, 3.63) is 76.2 Å². The van der Waals surface area contributed by atoms with E-state index in [-0.39, 0.29) is 5.56 Å². The van der Waals surface area contributed by atoms with Crippen molar-refractivity contribution in [1.82, 2.24) is 29.4 Å². The molecule has 0 atom stereocenters. The van der Waals surface area contributed by atoms with Crippen molar-refractivity contribution < 1.29 is 0 Å². The lowest BCUT2D eigenvalue weighted by Crippen LogP contribution is -2.36. The Morgan fingerprint density at radius 2 is 1.93 bits per heavy atom. The monoisotopic (exact) mass is 400 g/mol. The van der Waals surface area contributed by atoms with E-state index in [2.05, 4.69) is 44.6 Å². The van der Waals surface area contributed by atoms with Gasteiger partial charge in [0.1, 0.15) is 11.6 Å². The molecule has 0 radical (unpaired) electrons. The lowest BCUT2D eigenvalue weighted by Gasteiger charge is -2.27. The van der Waals surface area contributed by atoms with E-state index in [0.29, 0.717) is 12.4 Å². The summed E-state index contributed by atoms with van der Waals surface area (Å²) in [5.74, 6) is 1.67. The fourth-order valence-corrected chi connectivity index (χ4v) is 4.18. The van der Waals surface area contributed by atoms with Gasteiger partial charge in [-0.1, -0.05) is 19.1 Å². The predicted octanol–water partition coefficient (Wildman–Crippen LogP) is 3.15. The largest absolute Gasteiger partial charge is 0.327 e. The number of para-hydroxylation sites is 2. The first-order valence-corrected chi connectivity index (χ1v) is 10.4. The molecule has 1 aromatic carbocycles. The van der Waals surface area contributed by atoms with E-state index in [0.717, 1.165) is 60.6 Å². The molecular weight excluding hydrogens is 376 g/mol. The molecule has 1 aliphatic heterocycles. The predicted molar refractivity (Wildman–Crippen MR) is 116 cm³/mol. The summed E-state index contributed by atoms with van der Waals surface area (Å²) in [4.78, 5) is 31.7. The van der Waals surface area contributed by atoms with Gasteiger partial charge < -0.3 is 9.55 Å². The van der Waals surface area contributed by atoms with Crippen molar-refractivity contribution >= 4 is 11.0 Å². The summed E-state index contributed by atoms with van der Waals surface area (Å²) in [5.41, 5.74) is 4.67. The van der Waals surface area contributed by atoms with Gasteiger partial charge in [-0.2, -0.15) is 0 Å². The molecule has 0 bridgehead atoms. The summed E-state index contributed by atoms with van der Waals surface area (Å²) in [6.07, 6.45) is 5.22. The van der Waals surface area contributed by atoms with Crippen LogP contribution in [-0.2, 0) is 26.1 Å². The SMILES string of the molecule is CCCn1c(CN2CCc3nc(-c4ccncc4)[nH]c(=O)c3C2)nc2ccccc21. The van der Waals surface area contributed by atoms with E-state index >= 15 is 0 Å². The molecule has 152 valence electrons. The molecule has 0 amide bonds. The van der Waals surface area contributed by atoms with Crippen LogP contribution in [0, 0.1) is 0 Å². The summed E-state index contributed by atoms with van der Waals surface area (Å²) >= 11 is 0. The van der Waals surface area contributed by atoms with Gasteiger partial charge in [0.15, 0.2) is 0 Å². The number of fused-ring (bicyclic) bond motifs is 2. The molecule has 1 N–H and O–H groups in total. The number of H-pyrrole nitrogens is 1. The van der Waals surface area contributed by atoms with Gasteiger partial charge in [0, 0.05) is 44.0 Å². The third-order valence-corrected chi connectivity index (χ3v) is 5.65. The number of nitrogens with one attached hydrogen (secondary N) is 1. The zero-order valence-electron chi connectivity index (χ0n) is 17.0. The molecule has 0 fully saturated rings. The highest BCUT2D eigenvalue weighted by atomic mass is 16.1. The number of imidazole rings is 1. The van der Waals surface area contributed by atoms with Crippen molar-refractivity contribution in [2.24, 2.45) is 0 Å². The Labute approximate surface area is 174 Å². The van der Waals surface area contributed by atoms with Crippen LogP contribution < -0.4 is 5.56 Å². The molecule has 0 unspecified atom stereocenters. The molecule has 7 nitrogen and oxygen atoms in total. The van der Waals surface area contributed by atoms with Gasteiger partial charge in [-0.15, -0.1) is 0 Å². The number of hydrogen-bond acceptors (Lipinski definition) is 5. The van der Waals surface area contributed by atoms with Crippen molar-refractivity contribution in [2.75, 3.05) is 6.54 Å². The third kappa shape index (κ3) is 3.41. The van der Waals surface area contributed by atoms with Gasteiger partial charge in [-0.05, 0) is 30.7 Å². The van der Waals surface area contributed by atoms with E-state index < -0.39 is 0 Å². The number of aromatic nitrogens is 5. The maximum atomic E-state index is 12.8. The summed E-state index contributed by atoms with van der Waals surface area (Å²) in [5, 5.41) is 0. The Morgan fingerprint density at radius 3 is 2.77 bits per heavy atom. The van der Waals surface area contributed by atoms with Crippen molar-refractivity contribution in [3.63, 3.8) is 0 Å². The van der Waals surface area contributed by atoms with Crippen LogP contribution in [0.15, 0.2) is 53.6 Å². The van der Waals surface area contributed by atoms with E-state index in [1.165, 1.54) is 5.52 Å². The highest BCUT2D eigenvalue weighted by Gasteiger charge is 2.23. The van der Waals surface area contributed by atoms with Gasteiger partial charge in [0.2, 0.25) is 0 Å². The van der Waals surface area contributed by atoms with Gasteiger partial charge >= 0.3 is 0 Å². The molecule has 7 heteroatoms. The molecule has 0 saturated carbocycles. The van der Waals surface area contributed by atoms with Gasteiger partial charge in [-0.3, -0.25) is 14.7 Å². The van der Waals surface area contributed by atoms with Crippen LogP contribution >= 0.6 is 0 Å². The van der Waals surface area contributed by atoms with Crippen LogP contribution in [0.5, 0.6) is 0 Å². The number of pyridine rings is 1. The van der Waals surface area contributed by atoms with Crippen LogP contribution in [0.3, 0.4) is 0 Å². The van der Waals surface area contributed by atoms with E-state index in [1.807, 2.05) is 18.2 Å². The Kier molecular flexibility index (Phi) is 4.88. The number of benzene rings is 1. The Balaban J connectivity index is 1.42. The fraction of sp³-hybridized carbons (Fsp3) is 0.304. The maximum absolute atomic E-state index is 12.8. The highest BCUT2D eigenvalue weighted by molar-refractivity contribution is 5.75. The summed E-state index contributed by atoms with van der Waals surface area (Å²) in [7, 11) is 0. The van der Waals surface area contributed by atoms with Crippen LogP contribution in [0.4, 0.5) is 0 Å². The lowest BCUT2D eigenvalue weighted by molar-refractivity contribution is 0.233. The molecule has 4 heterocycles. The smallest absolute Gasteiger partial charge is 0.255 e. The minimum atomic E-state index is -0.0569. The van der Waals surface area contributed by atoms with Crippen LogP contribution in [0.25, 0.3) is 22.4 Å². The summed E-state index contributed by atoms with van der Waals surface area (Å²) < 4.78 is 2.31. The van der Waals surface area contributed by atoms with Crippen LogP contribution in [0.2, 0.25) is 0 Å². The maximum Gasteiger partial charge on any atom is 0.255 e. The molecular formula is C23H24N6O. The summed E-state index contributed by atoms with van der Waals surface area (Å²) in [6, 6.07) is 12.0. The normalized spacial score (nSPS) is 14.2. The Morgan fingerprint density at radius 1 is 1.10 bits per heavy atom. The number of nitrogens with zero attached hydrogens (tertiary/aromatic N) is 5. The zero-order valence-corrected chi connectivity index (χ0v) is 17.0. The first kappa shape index (κ1) is 18.7.